The Morgan fingerprint density at radius 3 is 2.60 bits per heavy atom. The molecular formula is C14H15F2N3S. The predicted molar refractivity (Wildman–Crippen MR) is 76.2 cm³/mol. The van der Waals surface area contributed by atoms with Crippen LogP contribution in [0.4, 0.5) is 14.6 Å². The van der Waals surface area contributed by atoms with E-state index in [0.717, 1.165) is 17.4 Å². The summed E-state index contributed by atoms with van der Waals surface area (Å²) in [6.45, 7) is 3.83. The summed E-state index contributed by atoms with van der Waals surface area (Å²) in [5.41, 5.74) is 0.846. The van der Waals surface area contributed by atoms with Gasteiger partial charge in [0.25, 0.3) is 0 Å². The van der Waals surface area contributed by atoms with Crippen LogP contribution >= 0.6 is 11.8 Å². The van der Waals surface area contributed by atoms with Crippen LogP contribution in [-0.2, 0) is 6.42 Å². The SMILES string of the molecule is CCc1nc(NC)c(C)c(Sc2ccc(F)cc2F)n1. The molecule has 1 heterocycles. The first-order chi connectivity index (χ1) is 9.55. The molecule has 6 heteroatoms. The molecule has 3 nitrogen and oxygen atoms in total. The van der Waals surface area contributed by atoms with Gasteiger partial charge in [-0.1, -0.05) is 18.7 Å². The van der Waals surface area contributed by atoms with Gasteiger partial charge in [-0.15, -0.1) is 0 Å². The third-order valence-electron chi connectivity index (χ3n) is 2.80. The molecule has 0 aliphatic rings. The fraction of sp³-hybridized carbons (Fsp3) is 0.286. The smallest absolute Gasteiger partial charge is 0.140 e. The monoisotopic (exact) mass is 295 g/mol. The minimum atomic E-state index is -0.587. The Morgan fingerprint density at radius 1 is 1.25 bits per heavy atom. The fourth-order valence-electron chi connectivity index (χ4n) is 1.70. The van der Waals surface area contributed by atoms with E-state index in [2.05, 4.69) is 15.3 Å². The lowest BCUT2D eigenvalue weighted by molar-refractivity contribution is 0.565. The summed E-state index contributed by atoms with van der Waals surface area (Å²) in [6.07, 6.45) is 0.689. The number of hydrogen-bond acceptors (Lipinski definition) is 4. The zero-order valence-corrected chi connectivity index (χ0v) is 12.3. The maximum atomic E-state index is 13.7. The Morgan fingerprint density at radius 2 is 2.00 bits per heavy atom. The number of rotatable bonds is 4. The average Bonchev–Trinajstić information content (AvgIpc) is 2.43. The second-order valence-corrected chi connectivity index (χ2v) is 5.23. The van der Waals surface area contributed by atoms with Gasteiger partial charge in [0.1, 0.15) is 28.3 Å². The van der Waals surface area contributed by atoms with Gasteiger partial charge in [0.15, 0.2) is 0 Å². The van der Waals surface area contributed by atoms with Gasteiger partial charge in [-0.2, -0.15) is 0 Å². The van der Waals surface area contributed by atoms with Crippen LogP contribution in [0.5, 0.6) is 0 Å². The molecule has 1 aromatic carbocycles. The molecule has 0 bridgehead atoms. The van der Waals surface area contributed by atoms with Crippen molar-refractivity contribution in [2.75, 3.05) is 12.4 Å². The quantitative estimate of drug-likeness (QED) is 0.870. The summed E-state index contributed by atoms with van der Waals surface area (Å²) in [5.74, 6) is 0.236. The molecular weight excluding hydrogens is 280 g/mol. The largest absolute Gasteiger partial charge is 0.373 e. The normalized spacial score (nSPS) is 10.7. The van der Waals surface area contributed by atoms with Gasteiger partial charge in [0.05, 0.1) is 0 Å². The van der Waals surface area contributed by atoms with E-state index in [-0.39, 0.29) is 0 Å². The highest BCUT2D eigenvalue weighted by Gasteiger charge is 2.13. The van der Waals surface area contributed by atoms with E-state index in [1.807, 2.05) is 13.8 Å². The zero-order chi connectivity index (χ0) is 14.7. The van der Waals surface area contributed by atoms with E-state index >= 15 is 0 Å². The minimum absolute atomic E-state index is 0.345. The van der Waals surface area contributed by atoms with Gasteiger partial charge in [0, 0.05) is 30.0 Å². The second kappa shape index (κ2) is 6.17. The van der Waals surface area contributed by atoms with Crippen LogP contribution in [0.15, 0.2) is 28.1 Å². The fourth-order valence-corrected chi connectivity index (χ4v) is 2.60. The lowest BCUT2D eigenvalue weighted by atomic mass is 10.3. The Labute approximate surface area is 120 Å². The number of nitrogens with one attached hydrogen (secondary N) is 1. The zero-order valence-electron chi connectivity index (χ0n) is 11.5. The summed E-state index contributed by atoms with van der Waals surface area (Å²) in [7, 11) is 1.78. The summed E-state index contributed by atoms with van der Waals surface area (Å²) in [5, 5.41) is 3.67. The molecule has 0 amide bonds. The third kappa shape index (κ3) is 3.07. The van der Waals surface area contributed by atoms with E-state index < -0.39 is 11.6 Å². The van der Waals surface area contributed by atoms with E-state index in [9.17, 15) is 8.78 Å². The van der Waals surface area contributed by atoms with Gasteiger partial charge in [0.2, 0.25) is 0 Å². The summed E-state index contributed by atoms with van der Waals surface area (Å²) < 4.78 is 26.6. The summed E-state index contributed by atoms with van der Waals surface area (Å²) >= 11 is 1.18. The highest BCUT2D eigenvalue weighted by atomic mass is 32.2. The lowest BCUT2D eigenvalue weighted by Gasteiger charge is -2.11. The van der Waals surface area contributed by atoms with Crippen molar-refractivity contribution in [1.29, 1.82) is 0 Å². The second-order valence-electron chi connectivity index (χ2n) is 4.20. The summed E-state index contributed by atoms with van der Waals surface area (Å²) in [6, 6.07) is 3.53. The Bertz CT molecular complexity index is 632. The molecule has 0 spiro atoms. The van der Waals surface area contributed by atoms with Gasteiger partial charge in [-0.25, -0.2) is 18.7 Å². The van der Waals surface area contributed by atoms with Crippen LogP contribution in [0.1, 0.15) is 18.3 Å². The van der Waals surface area contributed by atoms with Crippen LogP contribution in [0.3, 0.4) is 0 Å². The summed E-state index contributed by atoms with van der Waals surface area (Å²) in [4.78, 5) is 9.11. The molecule has 0 saturated carbocycles. The van der Waals surface area contributed by atoms with Crippen LogP contribution < -0.4 is 5.32 Å². The van der Waals surface area contributed by atoms with Crippen molar-refractivity contribution in [2.45, 2.75) is 30.2 Å². The van der Waals surface area contributed by atoms with E-state index in [1.165, 1.54) is 23.9 Å². The third-order valence-corrected chi connectivity index (χ3v) is 3.94. The highest BCUT2D eigenvalue weighted by molar-refractivity contribution is 7.99. The molecule has 0 aliphatic heterocycles. The van der Waals surface area contributed by atoms with Crippen LogP contribution in [-0.4, -0.2) is 17.0 Å². The number of nitrogens with zero attached hydrogens (tertiary/aromatic N) is 2. The predicted octanol–water partition coefficient (Wildman–Crippen LogP) is 3.82. The maximum absolute atomic E-state index is 13.7. The Hall–Kier alpha value is -1.69. The van der Waals surface area contributed by atoms with Crippen molar-refractivity contribution in [3.05, 3.63) is 41.2 Å². The number of hydrogen-bond donors (Lipinski definition) is 1. The van der Waals surface area contributed by atoms with Crippen molar-refractivity contribution >= 4 is 17.6 Å². The standard InChI is InChI=1S/C14H15F2N3S/c1-4-12-18-13(17-3)8(2)14(19-12)20-11-6-5-9(15)7-10(11)16/h5-7H,4H2,1-3H3,(H,17,18,19). The number of aromatic nitrogens is 2. The van der Waals surface area contributed by atoms with Crippen LogP contribution in [0, 0.1) is 18.6 Å². The van der Waals surface area contributed by atoms with Crippen molar-refractivity contribution in [3.8, 4) is 0 Å². The first kappa shape index (κ1) is 14.7. The molecule has 0 atom stereocenters. The van der Waals surface area contributed by atoms with Crippen molar-refractivity contribution in [3.63, 3.8) is 0 Å². The van der Waals surface area contributed by atoms with Gasteiger partial charge in [-0.3, -0.25) is 0 Å². The molecule has 2 rings (SSSR count). The first-order valence-corrected chi connectivity index (χ1v) is 7.05. The topological polar surface area (TPSA) is 37.8 Å². The van der Waals surface area contributed by atoms with Crippen LogP contribution in [0.2, 0.25) is 0 Å². The molecule has 106 valence electrons. The molecule has 2 aromatic rings. The molecule has 1 aromatic heterocycles. The number of benzene rings is 1. The Kier molecular flexibility index (Phi) is 4.54. The van der Waals surface area contributed by atoms with E-state index in [4.69, 9.17) is 0 Å². The minimum Gasteiger partial charge on any atom is -0.373 e. The van der Waals surface area contributed by atoms with Gasteiger partial charge < -0.3 is 5.32 Å². The highest BCUT2D eigenvalue weighted by Crippen LogP contribution is 2.33. The average molecular weight is 295 g/mol. The number of aryl methyl sites for hydroxylation is 1. The van der Waals surface area contributed by atoms with Crippen molar-refractivity contribution in [2.24, 2.45) is 0 Å². The van der Waals surface area contributed by atoms with Crippen LogP contribution in [0.25, 0.3) is 0 Å². The molecule has 0 saturated heterocycles. The number of anilines is 1. The maximum Gasteiger partial charge on any atom is 0.140 e. The molecule has 0 radical (unpaired) electrons. The number of halogens is 2. The lowest BCUT2D eigenvalue weighted by Crippen LogP contribution is -2.04. The Balaban J connectivity index is 2.42. The van der Waals surface area contributed by atoms with E-state index in [1.54, 1.807) is 7.05 Å². The van der Waals surface area contributed by atoms with Crippen molar-refractivity contribution in [1.82, 2.24) is 9.97 Å². The molecule has 20 heavy (non-hydrogen) atoms. The van der Waals surface area contributed by atoms with Crippen molar-refractivity contribution < 1.29 is 8.78 Å². The molecule has 0 unspecified atom stereocenters. The van der Waals surface area contributed by atoms with Gasteiger partial charge >= 0.3 is 0 Å². The molecule has 0 fully saturated rings. The first-order valence-electron chi connectivity index (χ1n) is 6.23. The van der Waals surface area contributed by atoms with Gasteiger partial charge in [-0.05, 0) is 19.1 Å². The molecule has 1 N–H and O–H groups in total. The molecule has 0 aliphatic carbocycles. The van der Waals surface area contributed by atoms with E-state index in [0.29, 0.717) is 22.2 Å².